The molecule has 76 valence electrons. The van der Waals surface area contributed by atoms with Gasteiger partial charge in [-0.3, -0.25) is 0 Å². The van der Waals surface area contributed by atoms with Crippen LogP contribution in [0.3, 0.4) is 0 Å². The molecule has 0 radical (unpaired) electrons. The lowest BCUT2D eigenvalue weighted by Crippen LogP contribution is -2.26. The summed E-state index contributed by atoms with van der Waals surface area (Å²) in [6, 6.07) is 3.83. The Balaban J connectivity index is 3.07. The highest BCUT2D eigenvalue weighted by Crippen LogP contribution is 2.22. The predicted molar refractivity (Wildman–Crippen MR) is 54.3 cm³/mol. The average molecular weight is 203 g/mol. The van der Waals surface area contributed by atoms with Gasteiger partial charge in [0.05, 0.1) is 12.1 Å². The SMILES string of the molecule is N#CCN(CC#N)c1ncnc(N)c1N. The van der Waals surface area contributed by atoms with Gasteiger partial charge in [0.2, 0.25) is 0 Å². The van der Waals surface area contributed by atoms with Crippen LogP contribution in [-0.4, -0.2) is 23.1 Å². The molecule has 7 heteroatoms. The highest BCUT2D eigenvalue weighted by molar-refractivity contribution is 5.73. The molecule has 0 aliphatic carbocycles. The van der Waals surface area contributed by atoms with Gasteiger partial charge in [-0.1, -0.05) is 0 Å². The van der Waals surface area contributed by atoms with Crippen molar-refractivity contribution in [3.8, 4) is 12.1 Å². The summed E-state index contributed by atoms with van der Waals surface area (Å²) >= 11 is 0. The number of anilines is 3. The first-order valence-corrected chi connectivity index (χ1v) is 4.05. The van der Waals surface area contributed by atoms with Crippen LogP contribution in [0.1, 0.15) is 0 Å². The van der Waals surface area contributed by atoms with E-state index in [-0.39, 0.29) is 24.6 Å². The van der Waals surface area contributed by atoms with E-state index in [9.17, 15) is 0 Å². The van der Waals surface area contributed by atoms with Crippen molar-refractivity contribution < 1.29 is 0 Å². The van der Waals surface area contributed by atoms with Gasteiger partial charge >= 0.3 is 0 Å². The van der Waals surface area contributed by atoms with Crippen molar-refractivity contribution in [2.45, 2.75) is 0 Å². The summed E-state index contributed by atoms with van der Waals surface area (Å²) in [5.41, 5.74) is 11.3. The molecule has 1 aromatic heterocycles. The largest absolute Gasteiger partial charge is 0.393 e. The Morgan fingerprint density at radius 2 is 1.80 bits per heavy atom. The van der Waals surface area contributed by atoms with E-state index in [1.807, 2.05) is 12.1 Å². The van der Waals surface area contributed by atoms with Gasteiger partial charge in [-0.15, -0.1) is 0 Å². The van der Waals surface area contributed by atoms with Crippen LogP contribution < -0.4 is 16.4 Å². The minimum Gasteiger partial charge on any atom is -0.393 e. The van der Waals surface area contributed by atoms with Crippen LogP contribution in [0.25, 0.3) is 0 Å². The van der Waals surface area contributed by atoms with E-state index in [1.165, 1.54) is 11.2 Å². The maximum Gasteiger partial charge on any atom is 0.159 e. The van der Waals surface area contributed by atoms with E-state index in [4.69, 9.17) is 22.0 Å². The van der Waals surface area contributed by atoms with Gasteiger partial charge in [-0.05, 0) is 0 Å². The van der Waals surface area contributed by atoms with Crippen LogP contribution in [0.4, 0.5) is 17.3 Å². The number of nitrogen functional groups attached to an aromatic ring is 2. The molecule has 0 saturated heterocycles. The molecule has 0 saturated carbocycles. The van der Waals surface area contributed by atoms with Gasteiger partial charge in [-0.25, -0.2) is 9.97 Å². The maximum atomic E-state index is 8.57. The zero-order valence-electron chi connectivity index (χ0n) is 7.88. The molecule has 7 nitrogen and oxygen atoms in total. The van der Waals surface area contributed by atoms with Crippen LogP contribution in [-0.2, 0) is 0 Å². The molecular weight excluding hydrogens is 194 g/mol. The van der Waals surface area contributed by atoms with E-state index in [0.717, 1.165) is 0 Å². The lowest BCUT2D eigenvalue weighted by molar-refractivity contribution is 0.930. The third kappa shape index (κ3) is 2.23. The summed E-state index contributed by atoms with van der Waals surface area (Å²) < 4.78 is 0. The maximum absolute atomic E-state index is 8.57. The van der Waals surface area contributed by atoms with Crippen LogP contribution in [0.5, 0.6) is 0 Å². The summed E-state index contributed by atoms with van der Waals surface area (Å²) in [6.45, 7) is 0.0441. The Labute approximate surface area is 86.6 Å². The molecule has 1 aromatic rings. The Hall–Kier alpha value is -2.54. The van der Waals surface area contributed by atoms with Gasteiger partial charge < -0.3 is 16.4 Å². The van der Waals surface area contributed by atoms with Gasteiger partial charge in [-0.2, -0.15) is 10.5 Å². The summed E-state index contributed by atoms with van der Waals surface area (Å²) in [5.74, 6) is 0.450. The van der Waals surface area contributed by atoms with E-state index in [0.29, 0.717) is 5.82 Å². The van der Waals surface area contributed by atoms with Gasteiger partial charge in [0.1, 0.15) is 25.1 Å². The normalized spacial score (nSPS) is 8.93. The fourth-order valence-corrected chi connectivity index (χ4v) is 1.03. The number of hydrogen-bond donors (Lipinski definition) is 2. The highest BCUT2D eigenvalue weighted by atomic mass is 15.2. The number of nitriles is 2. The van der Waals surface area contributed by atoms with E-state index in [2.05, 4.69) is 9.97 Å². The fraction of sp³-hybridized carbons (Fsp3) is 0.250. The third-order valence-corrected chi connectivity index (χ3v) is 1.72. The number of nitrogens with zero attached hydrogens (tertiary/aromatic N) is 5. The molecule has 0 atom stereocenters. The van der Waals surface area contributed by atoms with E-state index >= 15 is 0 Å². The first kappa shape index (κ1) is 10.5. The lowest BCUT2D eigenvalue weighted by Gasteiger charge is -2.18. The van der Waals surface area contributed by atoms with Crippen LogP contribution in [0.15, 0.2) is 6.33 Å². The van der Waals surface area contributed by atoms with Gasteiger partial charge in [0.25, 0.3) is 0 Å². The van der Waals surface area contributed by atoms with Crippen molar-refractivity contribution in [3.63, 3.8) is 0 Å². The molecule has 1 heterocycles. The molecular formula is C8H9N7. The van der Waals surface area contributed by atoms with Crippen LogP contribution in [0, 0.1) is 22.7 Å². The second kappa shape index (κ2) is 4.63. The molecule has 0 fully saturated rings. The van der Waals surface area contributed by atoms with E-state index < -0.39 is 0 Å². The first-order valence-electron chi connectivity index (χ1n) is 4.05. The third-order valence-electron chi connectivity index (χ3n) is 1.72. The van der Waals surface area contributed by atoms with Crippen LogP contribution in [0.2, 0.25) is 0 Å². The molecule has 0 bridgehead atoms. The second-order valence-corrected chi connectivity index (χ2v) is 2.67. The Morgan fingerprint density at radius 3 is 2.33 bits per heavy atom. The standard InChI is InChI=1S/C8H9N7/c9-1-3-15(4-2-10)8-6(11)7(12)13-5-14-8/h5H,3-4,11H2,(H2,12,13,14). The number of hydrogen-bond acceptors (Lipinski definition) is 7. The second-order valence-electron chi connectivity index (χ2n) is 2.67. The molecule has 0 aliphatic rings. The molecule has 15 heavy (non-hydrogen) atoms. The zero-order chi connectivity index (χ0) is 11.3. The first-order chi connectivity index (χ1) is 7.20. The van der Waals surface area contributed by atoms with Crippen molar-refractivity contribution in [2.24, 2.45) is 0 Å². The van der Waals surface area contributed by atoms with Crippen molar-refractivity contribution in [2.75, 3.05) is 29.5 Å². The highest BCUT2D eigenvalue weighted by Gasteiger charge is 2.12. The number of aromatic nitrogens is 2. The number of nitrogens with two attached hydrogens (primary N) is 2. The molecule has 0 amide bonds. The lowest BCUT2D eigenvalue weighted by atomic mass is 10.4. The zero-order valence-corrected chi connectivity index (χ0v) is 7.88. The smallest absolute Gasteiger partial charge is 0.159 e. The topological polar surface area (TPSA) is 129 Å². The quantitative estimate of drug-likeness (QED) is 0.633. The molecule has 0 aliphatic heterocycles. The average Bonchev–Trinajstić information content (AvgIpc) is 2.22. The van der Waals surface area contributed by atoms with Gasteiger partial charge in [0, 0.05) is 0 Å². The minimum absolute atomic E-state index is 0.0220. The molecule has 1 rings (SSSR count). The van der Waals surface area contributed by atoms with Crippen molar-refractivity contribution in [1.82, 2.24) is 9.97 Å². The van der Waals surface area contributed by atoms with Crippen LogP contribution >= 0.6 is 0 Å². The molecule has 0 unspecified atom stereocenters. The fourth-order valence-electron chi connectivity index (χ4n) is 1.03. The Bertz CT molecular complexity index is 412. The predicted octanol–water partition coefficient (Wildman–Crippen LogP) is -0.505. The summed E-state index contributed by atoms with van der Waals surface area (Å²) in [6.07, 6.45) is 1.24. The molecule has 4 N–H and O–H groups in total. The summed E-state index contributed by atoms with van der Waals surface area (Å²) in [4.78, 5) is 9.00. The van der Waals surface area contributed by atoms with Crippen molar-refractivity contribution >= 4 is 17.3 Å². The van der Waals surface area contributed by atoms with Crippen molar-refractivity contribution in [1.29, 1.82) is 10.5 Å². The Kier molecular flexibility index (Phi) is 3.25. The van der Waals surface area contributed by atoms with Gasteiger partial charge in [0.15, 0.2) is 11.6 Å². The molecule has 0 spiro atoms. The monoisotopic (exact) mass is 203 g/mol. The molecule has 0 aromatic carbocycles. The minimum atomic E-state index is 0.0220. The van der Waals surface area contributed by atoms with Crippen molar-refractivity contribution in [3.05, 3.63) is 6.33 Å². The number of rotatable bonds is 3. The summed E-state index contributed by atoms with van der Waals surface area (Å²) in [5, 5.41) is 17.1. The summed E-state index contributed by atoms with van der Waals surface area (Å²) in [7, 11) is 0. The van der Waals surface area contributed by atoms with E-state index in [1.54, 1.807) is 0 Å². The Morgan fingerprint density at radius 1 is 1.20 bits per heavy atom.